The zero-order chi connectivity index (χ0) is 15.1. The van der Waals surface area contributed by atoms with Gasteiger partial charge < -0.3 is 9.84 Å². The molecule has 104 valence electrons. The third-order valence-electron chi connectivity index (χ3n) is 2.63. The number of nitriles is 1. The number of aromatic nitrogens is 1. The molecule has 1 N–H and O–H groups in total. The van der Waals surface area contributed by atoms with Gasteiger partial charge in [-0.1, -0.05) is 17.9 Å². The zero-order valence-corrected chi connectivity index (χ0v) is 11.0. The third-order valence-corrected chi connectivity index (χ3v) is 2.63. The lowest BCUT2D eigenvalue weighted by Gasteiger charge is -2.07. The predicted octanol–water partition coefficient (Wildman–Crippen LogP) is 2.02. The first kappa shape index (κ1) is 14.5. The van der Waals surface area contributed by atoms with E-state index in [0.717, 1.165) is 0 Å². The largest absolute Gasteiger partial charge is 0.489 e. The Morgan fingerprint density at radius 2 is 2.19 bits per heavy atom. The van der Waals surface area contributed by atoms with Gasteiger partial charge in [-0.05, 0) is 18.2 Å². The van der Waals surface area contributed by atoms with Gasteiger partial charge in [0, 0.05) is 17.8 Å². The molecule has 0 saturated carbocycles. The van der Waals surface area contributed by atoms with Crippen molar-refractivity contribution >= 4 is 0 Å². The molecule has 0 fully saturated rings. The SMILES string of the molecule is N#Cc1ncccc1COc1ccc(C#CCO)c(F)c1. The number of ether oxygens (including phenoxy) is 1. The molecular formula is C16H11FN2O2. The molecule has 21 heavy (non-hydrogen) atoms. The van der Waals surface area contributed by atoms with Crippen LogP contribution in [0.4, 0.5) is 4.39 Å². The molecule has 1 aromatic carbocycles. The molecule has 0 aliphatic carbocycles. The van der Waals surface area contributed by atoms with Crippen LogP contribution in [0.2, 0.25) is 0 Å². The lowest BCUT2D eigenvalue weighted by Crippen LogP contribution is -2.00. The van der Waals surface area contributed by atoms with Crippen molar-refractivity contribution in [2.45, 2.75) is 6.61 Å². The van der Waals surface area contributed by atoms with Crippen molar-refractivity contribution in [1.82, 2.24) is 4.98 Å². The van der Waals surface area contributed by atoms with E-state index in [9.17, 15) is 4.39 Å². The molecule has 1 heterocycles. The molecule has 5 heteroatoms. The van der Waals surface area contributed by atoms with Crippen LogP contribution in [0.5, 0.6) is 5.75 Å². The van der Waals surface area contributed by atoms with Gasteiger partial charge in [0.2, 0.25) is 0 Å². The Hall–Kier alpha value is -2.89. The molecule has 0 aliphatic heterocycles. The van der Waals surface area contributed by atoms with Crippen molar-refractivity contribution in [3.05, 3.63) is 59.2 Å². The normalized spacial score (nSPS) is 9.38. The Morgan fingerprint density at radius 3 is 2.90 bits per heavy atom. The van der Waals surface area contributed by atoms with E-state index in [4.69, 9.17) is 15.1 Å². The number of aliphatic hydroxyl groups excluding tert-OH is 1. The molecule has 4 nitrogen and oxygen atoms in total. The van der Waals surface area contributed by atoms with Crippen molar-refractivity contribution in [3.63, 3.8) is 0 Å². The summed E-state index contributed by atoms with van der Waals surface area (Å²) in [5.41, 5.74) is 1.10. The van der Waals surface area contributed by atoms with Gasteiger partial charge in [-0.3, -0.25) is 0 Å². The van der Waals surface area contributed by atoms with E-state index in [0.29, 0.717) is 11.3 Å². The minimum absolute atomic E-state index is 0.123. The molecule has 0 radical (unpaired) electrons. The van der Waals surface area contributed by atoms with Gasteiger partial charge in [0.15, 0.2) is 0 Å². The van der Waals surface area contributed by atoms with Crippen LogP contribution in [-0.2, 0) is 6.61 Å². The summed E-state index contributed by atoms with van der Waals surface area (Å²) in [6, 6.07) is 9.66. The Bertz CT molecular complexity index is 742. The average molecular weight is 282 g/mol. The summed E-state index contributed by atoms with van der Waals surface area (Å²) in [4.78, 5) is 3.92. The van der Waals surface area contributed by atoms with Gasteiger partial charge in [0.05, 0.1) is 5.56 Å². The zero-order valence-electron chi connectivity index (χ0n) is 11.0. The van der Waals surface area contributed by atoms with Crippen LogP contribution in [0.25, 0.3) is 0 Å². The van der Waals surface area contributed by atoms with E-state index in [-0.39, 0.29) is 24.5 Å². The number of hydrogen-bond acceptors (Lipinski definition) is 4. The fourth-order valence-corrected chi connectivity index (χ4v) is 1.64. The second-order valence-electron chi connectivity index (χ2n) is 4.01. The summed E-state index contributed by atoms with van der Waals surface area (Å²) in [5, 5.41) is 17.5. The van der Waals surface area contributed by atoms with Gasteiger partial charge in [-0.2, -0.15) is 5.26 Å². The minimum atomic E-state index is -0.528. The first-order valence-electron chi connectivity index (χ1n) is 6.10. The van der Waals surface area contributed by atoms with E-state index in [2.05, 4.69) is 16.8 Å². The quantitative estimate of drug-likeness (QED) is 0.875. The number of halogens is 1. The maximum atomic E-state index is 13.7. The molecule has 0 saturated heterocycles. The summed E-state index contributed by atoms with van der Waals surface area (Å²) in [6.45, 7) is -0.201. The van der Waals surface area contributed by atoms with E-state index in [1.54, 1.807) is 18.2 Å². The van der Waals surface area contributed by atoms with Crippen LogP contribution in [0.3, 0.4) is 0 Å². The highest BCUT2D eigenvalue weighted by molar-refractivity contribution is 5.40. The Kier molecular flexibility index (Phi) is 4.87. The van der Waals surface area contributed by atoms with Crippen molar-refractivity contribution in [2.75, 3.05) is 6.61 Å². The first-order chi connectivity index (χ1) is 10.2. The standard InChI is InChI=1S/C16H11FN2O2/c17-15-9-14(6-5-12(15)4-2-8-20)21-11-13-3-1-7-19-16(13)10-18/h1,3,5-7,9,20H,8,11H2. The fraction of sp³-hybridized carbons (Fsp3) is 0.125. The highest BCUT2D eigenvalue weighted by Crippen LogP contribution is 2.18. The van der Waals surface area contributed by atoms with Crippen LogP contribution < -0.4 is 4.74 Å². The monoisotopic (exact) mass is 282 g/mol. The van der Waals surface area contributed by atoms with Crippen LogP contribution in [-0.4, -0.2) is 16.7 Å². The number of hydrogen-bond donors (Lipinski definition) is 1. The van der Waals surface area contributed by atoms with E-state index >= 15 is 0 Å². The molecule has 2 aromatic rings. The first-order valence-corrected chi connectivity index (χ1v) is 6.10. The highest BCUT2D eigenvalue weighted by atomic mass is 19.1. The Morgan fingerprint density at radius 1 is 1.33 bits per heavy atom. The smallest absolute Gasteiger partial charge is 0.147 e. The summed E-state index contributed by atoms with van der Waals surface area (Å²) in [7, 11) is 0. The molecule has 0 spiro atoms. The Labute approximate surface area is 121 Å². The van der Waals surface area contributed by atoms with E-state index in [1.807, 2.05) is 6.07 Å². The molecule has 0 aliphatic rings. The number of benzene rings is 1. The molecule has 0 amide bonds. The number of nitrogens with zero attached hydrogens (tertiary/aromatic N) is 2. The lowest BCUT2D eigenvalue weighted by atomic mass is 10.2. The van der Waals surface area contributed by atoms with Crippen molar-refractivity contribution in [3.8, 4) is 23.7 Å². The molecule has 2 rings (SSSR count). The van der Waals surface area contributed by atoms with Gasteiger partial charge in [0.25, 0.3) is 0 Å². The number of rotatable bonds is 3. The van der Waals surface area contributed by atoms with Crippen molar-refractivity contribution in [2.24, 2.45) is 0 Å². The summed E-state index contributed by atoms with van der Waals surface area (Å²) >= 11 is 0. The van der Waals surface area contributed by atoms with E-state index < -0.39 is 5.82 Å². The molecule has 1 aromatic heterocycles. The second kappa shape index (κ2) is 7.04. The van der Waals surface area contributed by atoms with E-state index in [1.165, 1.54) is 18.3 Å². The van der Waals surface area contributed by atoms with Crippen LogP contribution in [0.15, 0.2) is 36.5 Å². The van der Waals surface area contributed by atoms with Crippen LogP contribution in [0.1, 0.15) is 16.8 Å². The van der Waals surface area contributed by atoms with Gasteiger partial charge >= 0.3 is 0 Å². The summed E-state index contributed by atoms with van der Waals surface area (Å²) < 4.78 is 19.2. The second-order valence-corrected chi connectivity index (χ2v) is 4.01. The van der Waals surface area contributed by atoms with Gasteiger partial charge in [-0.25, -0.2) is 9.37 Å². The number of pyridine rings is 1. The average Bonchev–Trinajstić information content (AvgIpc) is 2.52. The lowest BCUT2D eigenvalue weighted by molar-refractivity contribution is 0.303. The van der Waals surface area contributed by atoms with Crippen LogP contribution in [0, 0.1) is 29.0 Å². The van der Waals surface area contributed by atoms with Crippen molar-refractivity contribution in [1.29, 1.82) is 5.26 Å². The maximum absolute atomic E-state index is 13.7. The fourth-order valence-electron chi connectivity index (χ4n) is 1.64. The van der Waals surface area contributed by atoms with Crippen molar-refractivity contribution < 1.29 is 14.2 Å². The molecule has 0 atom stereocenters. The van der Waals surface area contributed by atoms with Crippen LogP contribution >= 0.6 is 0 Å². The molecular weight excluding hydrogens is 271 g/mol. The third kappa shape index (κ3) is 3.79. The Balaban J connectivity index is 2.11. The summed E-state index contributed by atoms with van der Waals surface area (Å²) in [5.74, 6) is 4.68. The predicted molar refractivity (Wildman–Crippen MR) is 73.6 cm³/mol. The maximum Gasteiger partial charge on any atom is 0.147 e. The number of aliphatic hydroxyl groups is 1. The van der Waals surface area contributed by atoms with Gasteiger partial charge in [-0.15, -0.1) is 0 Å². The highest BCUT2D eigenvalue weighted by Gasteiger charge is 2.05. The topological polar surface area (TPSA) is 66.1 Å². The van der Waals surface area contributed by atoms with Gasteiger partial charge in [0.1, 0.15) is 36.5 Å². The summed E-state index contributed by atoms with van der Waals surface area (Å²) in [6.07, 6.45) is 1.52. The molecule has 0 unspecified atom stereocenters. The molecule has 0 bridgehead atoms. The minimum Gasteiger partial charge on any atom is -0.489 e.